The molecule has 29 heavy (non-hydrogen) atoms. The third-order valence-corrected chi connectivity index (χ3v) is 11.2. The maximum atomic E-state index is 12.3. The fourth-order valence-corrected chi connectivity index (χ4v) is 9.12. The fraction of sp³-hybridized carbons (Fsp3) is 0.963. The molecule has 4 fully saturated rings. The molecule has 0 bridgehead atoms. The van der Waals surface area contributed by atoms with Gasteiger partial charge in [-0.2, -0.15) is 0 Å². The summed E-state index contributed by atoms with van der Waals surface area (Å²) in [5, 5.41) is 10.8. The highest BCUT2D eigenvalue weighted by Gasteiger charge is 2.64. The van der Waals surface area contributed by atoms with E-state index in [0.717, 1.165) is 49.4 Å². The van der Waals surface area contributed by atoms with Crippen LogP contribution in [0.15, 0.2) is 0 Å². The lowest BCUT2D eigenvalue weighted by molar-refractivity contribution is -0.189. The van der Waals surface area contributed by atoms with Crippen LogP contribution in [0.5, 0.6) is 0 Å². The van der Waals surface area contributed by atoms with E-state index in [0.29, 0.717) is 22.0 Å². The summed E-state index contributed by atoms with van der Waals surface area (Å²) in [6, 6.07) is 0. The molecule has 4 aliphatic rings. The molecular weight excluding hydrogens is 356 g/mol. The second-order valence-electron chi connectivity index (χ2n) is 13.0. The molecule has 0 heterocycles. The van der Waals surface area contributed by atoms with Gasteiger partial charge in [0.15, 0.2) is 0 Å². The first-order chi connectivity index (χ1) is 13.4. The molecule has 166 valence electrons. The highest BCUT2D eigenvalue weighted by atomic mass is 16.3. The van der Waals surface area contributed by atoms with Crippen LogP contribution < -0.4 is 0 Å². The number of fused-ring (bicyclic) bond motifs is 5. The lowest BCUT2D eigenvalue weighted by Crippen LogP contribution is -2.59. The Morgan fingerprint density at radius 1 is 0.931 bits per heavy atom. The average molecular weight is 403 g/mol. The van der Waals surface area contributed by atoms with E-state index < -0.39 is 5.60 Å². The molecule has 0 amide bonds. The molecule has 3 unspecified atom stereocenters. The van der Waals surface area contributed by atoms with Crippen molar-refractivity contribution in [3.05, 3.63) is 0 Å². The third-order valence-electron chi connectivity index (χ3n) is 11.2. The minimum atomic E-state index is -0.467. The zero-order valence-electron chi connectivity index (χ0n) is 20.0. The van der Waals surface area contributed by atoms with Crippen molar-refractivity contribution in [1.82, 2.24) is 0 Å². The van der Waals surface area contributed by atoms with Gasteiger partial charge in [-0.05, 0) is 111 Å². The molecule has 0 aromatic carbocycles. The molecule has 2 heteroatoms. The SMILES string of the molecule is CC(C)C(=O)CC[C@H]1CCC2C3CC[C@@]4(C)C[C@@](C)(O)CC[C@]4(C)C3CC[C@@]21C. The van der Waals surface area contributed by atoms with E-state index >= 15 is 0 Å². The molecule has 0 spiro atoms. The first-order valence-corrected chi connectivity index (χ1v) is 12.7. The summed E-state index contributed by atoms with van der Waals surface area (Å²) in [5.41, 5.74) is 0.685. The number of carbonyl (C=O) groups excluding carboxylic acids is 1. The Kier molecular flexibility index (Phi) is 5.33. The molecule has 8 atom stereocenters. The monoisotopic (exact) mass is 402 g/mol. The van der Waals surface area contributed by atoms with Gasteiger partial charge in [0.2, 0.25) is 0 Å². The topological polar surface area (TPSA) is 37.3 Å². The summed E-state index contributed by atoms with van der Waals surface area (Å²) in [5.74, 6) is 3.98. The Bertz CT molecular complexity index is 651. The number of aliphatic hydroxyl groups is 1. The maximum absolute atomic E-state index is 12.3. The van der Waals surface area contributed by atoms with Crippen molar-refractivity contribution in [1.29, 1.82) is 0 Å². The molecule has 2 nitrogen and oxygen atoms in total. The lowest BCUT2D eigenvalue weighted by atomic mass is 9.39. The van der Waals surface area contributed by atoms with Crippen molar-refractivity contribution in [2.45, 2.75) is 118 Å². The van der Waals surface area contributed by atoms with Crippen LogP contribution >= 0.6 is 0 Å². The Balaban J connectivity index is 1.52. The van der Waals surface area contributed by atoms with Crippen LogP contribution in [-0.4, -0.2) is 16.5 Å². The quantitative estimate of drug-likeness (QED) is 0.562. The van der Waals surface area contributed by atoms with Crippen LogP contribution in [0.1, 0.15) is 112 Å². The molecule has 4 rings (SSSR count). The number of hydrogen-bond donors (Lipinski definition) is 1. The zero-order valence-corrected chi connectivity index (χ0v) is 20.0. The largest absolute Gasteiger partial charge is 0.390 e. The Morgan fingerprint density at radius 3 is 2.34 bits per heavy atom. The standard InChI is InChI=1S/C27H46O2/c1-18(2)23(28)10-8-19-7-9-21-20-11-13-24(3)17-25(4,29)15-16-27(24,6)22(20)12-14-26(19,21)5/h18-22,29H,7-17H2,1-6H3/t19-,20?,21?,22?,24+,25+,26-,27-/m1/s1. The Morgan fingerprint density at radius 2 is 1.66 bits per heavy atom. The normalized spacial score (nSPS) is 52.0. The second-order valence-corrected chi connectivity index (χ2v) is 13.0. The van der Waals surface area contributed by atoms with E-state index in [1.165, 1.54) is 44.9 Å². The van der Waals surface area contributed by atoms with Crippen LogP contribution in [0.25, 0.3) is 0 Å². The Hall–Kier alpha value is -0.370. The van der Waals surface area contributed by atoms with Crippen LogP contribution in [0.4, 0.5) is 0 Å². The highest BCUT2D eigenvalue weighted by molar-refractivity contribution is 5.80. The van der Waals surface area contributed by atoms with Gasteiger partial charge >= 0.3 is 0 Å². The molecule has 0 aromatic rings. The Labute approximate surface area is 179 Å². The summed E-state index contributed by atoms with van der Waals surface area (Å²) < 4.78 is 0. The van der Waals surface area contributed by atoms with Gasteiger partial charge in [-0.3, -0.25) is 4.79 Å². The van der Waals surface area contributed by atoms with Gasteiger partial charge in [0.25, 0.3) is 0 Å². The van der Waals surface area contributed by atoms with E-state index in [-0.39, 0.29) is 5.92 Å². The first-order valence-electron chi connectivity index (χ1n) is 12.7. The minimum absolute atomic E-state index is 0.190. The molecule has 0 aromatic heterocycles. The summed E-state index contributed by atoms with van der Waals surface area (Å²) in [6.45, 7) is 13.9. The van der Waals surface area contributed by atoms with Crippen LogP contribution in [0, 0.1) is 45.8 Å². The summed E-state index contributed by atoms with van der Waals surface area (Å²) >= 11 is 0. The van der Waals surface area contributed by atoms with Gasteiger partial charge in [0.1, 0.15) is 5.78 Å². The zero-order chi connectivity index (χ0) is 21.2. The minimum Gasteiger partial charge on any atom is -0.390 e. The van der Waals surface area contributed by atoms with Crippen molar-refractivity contribution in [2.75, 3.05) is 0 Å². The van der Waals surface area contributed by atoms with Crippen molar-refractivity contribution >= 4 is 5.78 Å². The lowest BCUT2D eigenvalue weighted by Gasteiger charge is -2.66. The maximum Gasteiger partial charge on any atom is 0.135 e. The van der Waals surface area contributed by atoms with E-state index in [2.05, 4.69) is 27.7 Å². The van der Waals surface area contributed by atoms with Gasteiger partial charge < -0.3 is 5.11 Å². The van der Waals surface area contributed by atoms with E-state index in [1.807, 2.05) is 13.8 Å². The number of rotatable bonds is 4. The van der Waals surface area contributed by atoms with Crippen LogP contribution in [-0.2, 0) is 4.79 Å². The summed E-state index contributed by atoms with van der Waals surface area (Å²) in [6.07, 6.45) is 13.2. The summed E-state index contributed by atoms with van der Waals surface area (Å²) in [4.78, 5) is 12.3. The number of carbonyl (C=O) groups is 1. The second kappa shape index (κ2) is 7.07. The highest BCUT2D eigenvalue weighted by Crippen LogP contribution is 2.71. The molecule has 4 saturated carbocycles. The van der Waals surface area contributed by atoms with Gasteiger partial charge in [-0.25, -0.2) is 0 Å². The predicted molar refractivity (Wildman–Crippen MR) is 120 cm³/mol. The number of hydrogen-bond acceptors (Lipinski definition) is 2. The average Bonchev–Trinajstić information content (AvgIpc) is 2.96. The van der Waals surface area contributed by atoms with Gasteiger partial charge in [0.05, 0.1) is 5.60 Å². The molecule has 1 N–H and O–H groups in total. The third kappa shape index (κ3) is 3.35. The molecule has 0 saturated heterocycles. The van der Waals surface area contributed by atoms with Crippen molar-refractivity contribution in [2.24, 2.45) is 45.8 Å². The van der Waals surface area contributed by atoms with Crippen LogP contribution in [0.2, 0.25) is 0 Å². The fourth-order valence-electron chi connectivity index (χ4n) is 9.12. The van der Waals surface area contributed by atoms with E-state index in [4.69, 9.17) is 0 Å². The van der Waals surface area contributed by atoms with Crippen molar-refractivity contribution in [3.63, 3.8) is 0 Å². The van der Waals surface area contributed by atoms with Crippen molar-refractivity contribution in [3.8, 4) is 0 Å². The van der Waals surface area contributed by atoms with E-state index in [1.54, 1.807) is 0 Å². The van der Waals surface area contributed by atoms with E-state index in [9.17, 15) is 9.90 Å². The van der Waals surface area contributed by atoms with Gasteiger partial charge in [-0.1, -0.05) is 34.6 Å². The molecule has 0 aliphatic heterocycles. The predicted octanol–water partition coefficient (Wildman–Crippen LogP) is 6.79. The molecule has 0 radical (unpaired) electrons. The van der Waals surface area contributed by atoms with Crippen molar-refractivity contribution < 1.29 is 9.90 Å². The van der Waals surface area contributed by atoms with Gasteiger partial charge in [-0.15, -0.1) is 0 Å². The number of ketones is 1. The molecule has 4 aliphatic carbocycles. The first kappa shape index (κ1) is 21.8. The summed E-state index contributed by atoms with van der Waals surface area (Å²) in [7, 11) is 0. The van der Waals surface area contributed by atoms with Crippen LogP contribution in [0.3, 0.4) is 0 Å². The number of Topliss-reactive ketones (excluding diaryl/α,β-unsaturated/α-hetero) is 1. The molecular formula is C27H46O2. The smallest absolute Gasteiger partial charge is 0.135 e. The van der Waals surface area contributed by atoms with Gasteiger partial charge in [0, 0.05) is 12.3 Å².